The van der Waals surface area contributed by atoms with Gasteiger partial charge in [0, 0.05) is 29.5 Å². The number of hydrogen-bond acceptors (Lipinski definition) is 3. The molecule has 4 nitrogen and oxygen atoms in total. The van der Waals surface area contributed by atoms with Crippen molar-refractivity contribution >= 4 is 26.0 Å². The Morgan fingerprint density at radius 3 is 2.40 bits per heavy atom. The SMILES string of the molecule is CC(C)S(=O)(=O)N[C@@H]1CN(C)C[C@H]1c1ccc(Br)cc1. The summed E-state index contributed by atoms with van der Waals surface area (Å²) in [5.74, 6) is 0.196. The van der Waals surface area contributed by atoms with Gasteiger partial charge in [-0.2, -0.15) is 0 Å². The van der Waals surface area contributed by atoms with Crippen LogP contribution in [0.2, 0.25) is 0 Å². The average molecular weight is 361 g/mol. The summed E-state index contributed by atoms with van der Waals surface area (Å²) in [6, 6.07) is 8.06. The second-order valence-corrected chi connectivity index (χ2v) is 8.88. The Hall–Kier alpha value is -0.430. The standard InChI is InChI=1S/C14H21BrN2O2S/c1-10(2)20(18,19)16-14-9-17(3)8-13(14)11-4-6-12(15)7-5-11/h4-7,10,13-14,16H,8-9H2,1-3H3/t13-,14+/m0/s1. The van der Waals surface area contributed by atoms with E-state index in [9.17, 15) is 8.42 Å². The molecule has 0 aromatic heterocycles. The highest BCUT2D eigenvalue weighted by Gasteiger charge is 2.35. The Morgan fingerprint density at radius 2 is 1.85 bits per heavy atom. The van der Waals surface area contributed by atoms with Crippen LogP contribution in [0.5, 0.6) is 0 Å². The maximum absolute atomic E-state index is 12.1. The van der Waals surface area contributed by atoms with Crippen LogP contribution in [-0.2, 0) is 10.0 Å². The molecule has 1 aliphatic heterocycles. The van der Waals surface area contributed by atoms with Crippen LogP contribution in [0.4, 0.5) is 0 Å². The number of likely N-dealkylation sites (N-methyl/N-ethyl adjacent to an activating group) is 1. The topological polar surface area (TPSA) is 49.4 Å². The maximum Gasteiger partial charge on any atom is 0.214 e. The number of benzene rings is 1. The van der Waals surface area contributed by atoms with E-state index < -0.39 is 15.3 Å². The first-order valence-corrected chi connectivity index (χ1v) is 9.08. The predicted octanol–water partition coefficient (Wildman–Crippen LogP) is 2.17. The smallest absolute Gasteiger partial charge is 0.214 e. The lowest BCUT2D eigenvalue weighted by Gasteiger charge is -2.21. The number of halogens is 1. The van der Waals surface area contributed by atoms with E-state index in [0.717, 1.165) is 17.6 Å². The van der Waals surface area contributed by atoms with E-state index in [1.54, 1.807) is 13.8 Å². The largest absolute Gasteiger partial charge is 0.304 e. The number of nitrogens with zero attached hydrogens (tertiary/aromatic N) is 1. The number of nitrogens with one attached hydrogen (secondary N) is 1. The van der Waals surface area contributed by atoms with E-state index in [1.165, 1.54) is 5.56 Å². The van der Waals surface area contributed by atoms with Gasteiger partial charge in [0.05, 0.1) is 5.25 Å². The molecule has 0 saturated carbocycles. The zero-order chi connectivity index (χ0) is 14.9. The molecule has 2 atom stereocenters. The van der Waals surface area contributed by atoms with Crippen LogP contribution in [0.15, 0.2) is 28.7 Å². The van der Waals surface area contributed by atoms with Crippen molar-refractivity contribution in [3.8, 4) is 0 Å². The number of likely N-dealkylation sites (tertiary alicyclic amines) is 1. The fraction of sp³-hybridized carbons (Fsp3) is 0.571. The van der Waals surface area contributed by atoms with Crippen molar-refractivity contribution < 1.29 is 8.42 Å². The summed E-state index contributed by atoms with van der Waals surface area (Å²) in [5.41, 5.74) is 1.18. The summed E-state index contributed by atoms with van der Waals surface area (Å²) in [6.07, 6.45) is 0. The van der Waals surface area contributed by atoms with E-state index in [1.807, 2.05) is 19.2 Å². The van der Waals surface area contributed by atoms with Gasteiger partial charge in [0.15, 0.2) is 0 Å². The third-order valence-corrected chi connectivity index (χ3v) is 6.14. The van der Waals surface area contributed by atoms with Crippen molar-refractivity contribution in [1.82, 2.24) is 9.62 Å². The lowest BCUT2D eigenvalue weighted by atomic mass is 9.95. The first-order valence-electron chi connectivity index (χ1n) is 6.75. The molecule has 1 aliphatic rings. The molecular formula is C14H21BrN2O2S. The molecule has 0 amide bonds. The molecule has 1 aromatic rings. The van der Waals surface area contributed by atoms with E-state index in [0.29, 0.717) is 0 Å². The summed E-state index contributed by atoms with van der Waals surface area (Å²) < 4.78 is 28.1. The highest BCUT2D eigenvalue weighted by Crippen LogP contribution is 2.28. The first kappa shape index (κ1) is 15.9. The second-order valence-electron chi connectivity index (χ2n) is 5.70. The highest BCUT2D eigenvalue weighted by molar-refractivity contribution is 9.10. The number of hydrogen-bond donors (Lipinski definition) is 1. The summed E-state index contributed by atoms with van der Waals surface area (Å²) in [4.78, 5) is 2.17. The van der Waals surface area contributed by atoms with Crippen LogP contribution in [0, 0.1) is 0 Å². The molecule has 1 aromatic carbocycles. The Balaban J connectivity index is 2.21. The number of sulfonamides is 1. The van der Waals surface area contributed by atoms with Crippen molar-refractivity contribution in [3.63, 3.8) is 0 Å². The van der Waals surface area contributed by atoms with E-state index in [-0.39, 0.29) is 12.0 Å². The molecule has 0 spiro atoms. The minimum atomic E-state index is -3.24. The van der Waals surface area contributed by atoms with Crippen LogP contribution in [0.25, 0.3) is 0 Å². The van der Waals surface area contributed by atoms with Crippen LogP contribution >= 0.6 is 15.9 Å². The number of rotatable bonds is 4. The van der Waals surface area contributed by atoms with Gasteiger partial charge in [-0.25, -0.2) is 13.1 Å². The summed E-state index contributed by atoms with van der Waals surface area (Å²) >= 11 is 3.43. The van der Waals surface area contributed by atoms with Crippen LogP contribution < -0.4 is 4.72 Å². The summed E-state index contributed by atoms with van der Waals surface area (Å²) in [7, 11) is -1.22. The Kier molecular flexibility index (Phi) is 4.89. The Morgan fingerprint density at radius 1 is 1.25 bits per heavy atom. The molecule has 0 aliphatic carbocycles. The third-order valence-electron chi connectivity index (χ3n) is 3.74. The molecule has 0 radical (unpaired) electrons. The van der Waals surface area contributed by atoms with E-state index in [4.69, 9.17) is 0 Å². The van der Waals surface area contributed by atoms with Crippen molar-refractivity contribution in [3.05, 3.63) is 34.3 Å². The van der Waals surface area contributed by atoms with E-state index in [2.05, 4.69) is 37.7 Å². The summed E-state index contributed by atoms with van der Waals surface area (Å²) in [6.45, 7) is 5.02. The van der Waals surface area contributed by atoms with Gasteiger partial charge in [-0.3, -0.25) is 0 Å². The van der Waals surface area contributed by atoms with Gasteiger partial charge >= 0.3 is 0 Å². The Labute approximate surface area is 129 Å². The molecule has 1 saturated heterocycles. The zero-order valence-electron chi connectivity index (χ0n) is 12.0. The minimum Gasteiger partial charge on any atom is -0.304 e. The third kappa shape index (κ3) is 3.61. The van der Waals surface area contributed by atoms with Crippen molar-refractivity contribution in [2.45, 2.75) is 31.1 Å². The van der Waals surface area contributed by atoms with Gasteiger partial charge in [-0.15, -0.1) is 0 Å². The van der Waals surface area contributed by atoms with Crippen LogP contribution in [0.1, 0.15) is 25.3 Å². The van der Waals surface area contributed by atoms with Gasteiger partial charge in [-0.05, 0) is 38.6 Å². The fourth-order valence-electron chi connectivity index (χ4n) is 2.51. The zero-order valence-corrected chi connectivity index (χ0v) is 14.4. The Bertz CT molecular complexity index is 557. The normalized spacial score (nSPS) is 24.4. The molecule has 1 fully saturated rings. The molecule has 1 heterocycles. The van der Waals surface area contributed by atoms with Gasteiger partial charge in [-0.1, -0.05) is 28.1 Å². The van der Waals surface area contributed by atoms with Crippen LogP contribution in [0.3, 0.4) is 0 Å². The van der Waals surface area contributed by atoms with Crippen LogP contribution in [-0.4, -0.2) is 44.7 Å². The van der Waals surface area contributed by atoms with Gasteiger partial charge in [0.25, 0.3) is 0 Å². The average Bonchev–Trinajstić information content (AvgIpc) is 2.70. The second kappa shape index (κ2) is 6.13. The van der Waals surface area contributed by atoms with Crippen molar-refractivity contribution in [1.29, 1.82) is 0 Å². The lowest BCUT2D eigenvalue weighted by Crippen LogP contribution is -2.42. The van der Waals surface area contributed by atoms with E-state index >= 15 is 0 Å². The molecule has 112 valence electrons. The van der Waals surface area contributed by atoms with Gasteiger partial charge < -0.3 is 4.90 Å². The quantitative estimate of drug-likeness (QED) is 0.894. The van der Waals surface area contributed by atoms with Gasteiger partial charge in [0.1, 0.15) is 0 Å². The molecule has 1 N–H and O–H groups in total. The molecule has 6 heteroatoms. The molecule has 0 bridgehead atoms. The lowest BCUT2D eigenvalue weighted by molar-refractivity contribution is 0.404. The first-order chi connectivity index (χ1) is 9.29. The highest BCUT2D eigenvalue weighted by atomic mass is 79.9. The van der Waals surface area contributed by atoms with Crippen molar-refractivity contribution in [2.24, 2.45) is 0 Å². The fourth-order valence-corrected chi connectivity index (χ4v) is 3.71. The summed E-state index contributed by atoms with van der Waals surface area (Å²) in [5, 5.41) is -0.404. The minimum absolute atomic E-state index is 0.0615. The molecule has 20 heavy (non-hydrogen) atoms. The maximum atomic E-state index is 12.1. The molecular weight excluding hydrogens is 340 g/mol. The monoisotopic (exact) mass is 360 g/mol. The van der Waals surface area contributed by atoms with Gasteiger partial charge in [0.2, 0.25) is 10.0 Å². The van der Waals surface area contributed by atoms with Crippen molar-refractivity contribution in [2.75, 3.05) is 20.1 Å². The predicted molar refractivity (Wildman–Crippen MR) is 85.4 cm³/mol. The molecule has 2 rings (SSSR count). The molecule has 0 unspecified atom stereocenters.